The summed E-state index contributed by atoms with van der Waals surface area (Å²) >= 11 is 0. The number of amides is 1. The number of nitrogens with one attached hydrogen (secondary N) is 1. The van der Waals surface area contributed by atoms with Crippen LogP contribution in [-0.2, 0) is 21.1 Å². The molecule has 0 spiro atoms. The van der Waals surface area contributed by atoms with Crippen LogP contribution in [0.4, 0.5) is 0 Å². The zero-order valence-electron chi connectivity index (χ0n) is 20.7. The van der Waals surface area contributed by atoms with E-state index in [1.807, 2.05) is 42.5 Å². The Morgan fingerprint density at radius 3 is 2.28 bits per heavy atom. The molecule has 1 N–H and O–H groups in total. The van der Waals surface area contributed by atoms with Crippen molar-refractivity contribution >= 4 is 15.7 Å². The number of carbonyl (C=O) groups excluding carboxylic acids is 1. The lowest BCUT2D eigenvalue weighted by Crippen LogP contribution is -2.37. The molecule has 3 aromatic rings. The smallest absolute Gasteiger partial charge is 0.228 e. The predicted octanol–water partition coefficient (Wildman–Crippen LogP) is 5.59. The average Bonchev–Trinajstić information content (AvgIpc) is 3.36. The number of rotatable bonds is 7. The Hall–Kier alpha value is -3.12. The van der Waals surface area contributed by atoms with Crippen LogP contribution in [0.3, 0.4) is 0 Å². The van der Waals surface area contributed by atoms with E-state index in [2.05, 4.69) is 23.5 Å². The lowest BCUT2D eigenvalue weighted by atomic mass is 9.76. The Morgan fingerprint density at radius 2 is 1.58 bits per heavy atom. The van der Waals surface area contributed by atoms with E-state index in [0.717, 1.165) is 60.1 Å². The van der Waals surface area contributed by atoms with E-state index in [4.69, 9.17) is 4.74 Å². The summed E-state index contributed by atoms with van der Waals surface area (Å²) in [6, 6.07) is 22.6. The van der Waals surface area contributed by atoms with Gasteiger partial charge < -0.3 is 10.1 Å². The molecule has 36 heavy (non-hydrogen) atoms. The quantitative estimate of drug-likeness (QED) is 0.456. The number of benzene rings is 3. The number of fused-ring (bicyclic) bond motifs is 1. The van der Waals surface area contributed by atoms with Crippen LogP contribution >= 0.6 is 0 Å². The maximum atomic E-state index is 14.0. The van der Waals surface area contributed by atoms with E-state index in [9.17, 15) is 13.2 Å². The standard InChI is InChI=1S/C30H33NO4S/c1-36(33,34)26-15-12-23(13-16-26)29(25-14-17-27-24(20-25)18-19-35-27)31-30(32)28(21-8-4-2-5-9-21)22-10-6-3-7-11-22/h2,4-5,8-9,12-17,20,22,28-29H,3,6-7,10-11,18-19H2,1H3,(H,31,32). The van der Waals surface area contributed by atoms with Crippen molar-refractivity contribution in [1.29, 1.82) is 0 Å². The normalized spacial score (nSPS) is 17.6. The van der Waals surface area contributed by atoms with Crippen molar-refractivity contribution < 1.29 is 17.9 Å². The first kappa shape index (κ1) is 24.6. The molecule has 1 heterocycles. The van der Waals surface area contributed by atoms with Gasteiger partial charge in [-0.3, -0.25) is 4.79 Å². The van der Waals surface area contributed by atoms with Crippen LogP contribution in [0.25, 0.3) is 0 Å². The van der Waals surface area contributed by atoms with E-state index in [-0.39, 0.29) is 16.7 Å². The fraction of sp³-hybridized carbons (Fsp3) is 0.367. The Kier molecular flexibility index (Phi) is 7.15. The monoisotopic (exact) mass is 503 g/mol. The summed E-state index contributed by atoms with van der Waals surface area (Å²) < 4.78 is 29.7. The van der Waals surface area contributed by atoms with E-state index in [1.54, 1.807) is 12.1 Å². The maximum Gasteiger partial charge on any atom is 0.228 e. The van der Waals surface area contributed by atoms with Crippen LogP contribution in [0.1, 0.15) is 66.3 Å². The van der Waals surface area contributed by atoms with Gasteiger partial charge in [-0.05, 0) is 65.3 Å². The number of hydrogen-bond donors (Lipinski definition) is 1. The molecular weight excluding hydrogens is 470 g/mol. The van der Waals surface area contributed by atoms with Gasteiger partial charge >= 0.3 is 0 Å². The minimum Gasteiger partial charge on any atom is -0.493 e. The van der Waals surface area contributed by atoms with Gasteiger partial charge in [-0.25, -0.2) is 8.42 Å². The third-order valence-electron chi connectivity index (χ3n) is 7.54. The molecule has 3 aromatic carbocycles. The van der Waals surface area contributed by atoms with Crippen LogP contribution in [-0.4, -0.2) is 27.2 Å². The van der Waals surface area contributed by atoms with Gasteiger partial charge in [0.15, 0.2) is 9.84 Å². The second kappa shape index (κ2) is 10.5. The van der Waals surface area contributed by atoms with Crippen molar-refractivity contribution in [2.24, 2.45) is 5.92 Å². The fourth-order valence-corrected chi connectivity index (χ4v) is 6.28. The SMILES string of the molecule is CS(=O)(=O)c1ccc(C(NC(=O)C(c2ccccc2)C2CCCCC2)c2ccc3c(c2)CCO3)cc1. The highest BCUT2D eigenvalue weighted by Gasteiger charge is 2.33. The summed E-state index contributed by atoms with van der Waals surface area (Å²) in [5.41, 5.74) is 4.00. The Morgan fingerprint density at radius 1 is 0.889 bits per heavy atom. The highest BCUT2D eigenvalue weighted by Crippen LogP contribution is 2.38. The van der Waals surface area contributed by atoms with Crippen molar-refractivity contribution in [3.63, 3.8) is 0 Å². The lowest BCUT2D eigenvalue weighted by molar-refractivity contribution is -0.124. The molecule has 1 saturated carbocycles. The van der Waals surface area contributed by atoms with Gasteiger partial charge in [-0.15, -0.1) is 0 Å². The van der Waals surface area contributed by atoms with E-state index in [0.29, 0.717) is 12.5 Å². The predicted molar refractivity (Wildman–Crippen MR) is 141 cm³/mol. The average molecular weight is 504 g/mol. The van der Waals surface area contributed by atoms with Gasteiger partial charge in [0.25, 0.3) is 0 Å². The first-order chi connectivity index (χ1) is 17.4. The molecule has 0 bridgehead atoms. The molecule has 0 saturated heterocycles. The fourth-order valence-electron chi connectivity index (χ4n) is 5.65. The van der Waals surface area contributed by atoms with Crippen LogP contribution in [0, 0.1) is 5.92 Å². The number of ether oxygens (including phenoxy) is 1. The molecule has 2 aliphatic rings. The van der Waals surface area contributed by atoms with E-state index < -0.39 is 15.9 Å². The summed E-state index contributed by atoms with van der Waals surface area (Å²) in [6.07, 6.45) is 7.69. The van der Waals surface area contributed by atoms with Crippen molar-refractivity contribution in [3.8, 4) is 5.75 Å². The molecule has 5 rings (SSSR count). The van der Waals surface area contributed by atoms with Crippen molar-refractivity contribution in [1.82, 2.24) is 5.32 Å². The Balaban J connectivity index is 1.51. The lowest BCUT2D eigenvalue weighted by Gasteiger charge is -2.31. The second-order valence-electron chi connectivity index (χ2n) is 10.0. The van der Waals surface area contributed by atoms with Crippen LogP contribution in [0.5, 0.6) is 5.75 Å². The maximum absolute atomic E-state index is 14.0. The molecule has 1 aliphatic carbocycles. The van der Waals surface area contributed by atoms with Gasteiger partial charge in [0.1, 0.15) is 5.75 Å². The van der Waals surface area contributed by atoms with Gasteiger partial charge in [0.2, 0.25) is 5.91 Å². The van der Waals surface area contributed by atoms with E-state index >= 15 is 0 Å². The summed E-state index contributed by atoms with van der Waals surface area (Å²) in [7, 11) is -3.31. The van der Waals surface area contributed by atoms with Gasteiger partial charge in [0.05, 0.1) is 23.5 Å². The highest BCUT2D eigenvalue weighted by molar-refractivity contribution is 7.90. The third kappa shape index (κ3) is 5.34. The Labute approximate surface area is 213 Å². The van der Waals surface area contributed by atoms with Gasteiger partial charge in [-0.2, -0.15) is 0 Å². The Bertz CT molecular complexity index is 1310. The second-order valence-corrected chi connectivity index (χ2v) is 12.1. The third-order valence-corrected chi connectivity index (χ3v) is 8.67. The topological polar surface area (TPSA) is 72.5 Å². The molecule has 188 valence electrons. The molecule has 0 radical (unpaired) electrons. The number of carbonyl (C=O) groups is 1. The zero-order valence-corrected chi connectivity index (χ0v) is 21.5. The highest BCUT2D eigenvalue weighted by atomic mass is 32.2. The first-order valence-corrected chi connectivity index (χ1v) is 14.7. The van der Waals surface area contributed by atoms with E-state index in [1.165, 1.54) is 12.7 Å². The molecule has 2 unspecified atom stereocenters. The summed E-state index contributed by atoms with van der Waals surface area (Å²) in [5.74, 6) is 0.993. The minimum absolute atomic E-state index is 0.0158. The van der Waals surface area contributed by atoms with Crippen LogP contribution in [0.2, 0.25) is 0 Å². The van der Waals surface area contributed by atoms with Crippen molar-refractivity contribution in [3.05, 3.63) is 95.1 Å². The molecule has 6 heteroatoms. The van der Waals surface area contributed by atoms with Gasteiger partial charge in [0, 0.05) is 12.7 Å². The van der Waals surface area contributed by atoms with Crippen molar-refractivity contribution in [2.75, 3.05) is 12.9 Å². The molecule has 1 fully saturated rings. The number of sulfone groups is 1. The van der Waals surface area contributed by atoms with Gasteiger partial charge in [-0.1, -0.05) is 67.8 Å². The number of hydrogen-bond acceptors (Lipinski definition) is 4. The molecule has 1 amide bonds. The van der Waals surface area contributed by atoms with Crippen LogP contribution in [0.15, 0.2) is 77.7 Å². The van der Waals surface area contributed by atoms with Crippen molar-refractivity contribution in [2.45, 2.75) is 55.4 Å². The minimum atomic E-state index is -3.31. The summed E-state index contributed by atoms with van der Waals surface area (Å²) in [4.78, 5) is 14.3. The zero-order chi connectivity index (χ0) is 25.1. The molecule has 1 aliphatic heterocycles. The van der Waals surface area contributed by atoms with Crippen LogP contribution < -0.4 is 10.1 Å². The molecule has 5 nitrogen and oxygen atoms in total. The largest absolute Gasteiger partial charge is 0.493 e. The molecule has 0 aromatic heterocycles. The first-order valence-electron chi connectivity index (χ1n) is 12.8. The molecule has 2 atom stereocenters. The summed E-state index contributed by atoms with van der Waals surface area (Å²) in [6.45, 7) is 0.663. The molecular formula is C30H33NO4S. The summed E-state index contributed by atoms with van der Waals surface area (Å²) in [5, 5.41) is 3.37.